The molecule has 0 aromatic heterocycles. The van der Waals surface area contributed by atoms with Crippen molar-refractivity contribution >= 4 is 46.3 Å². The van der Waals surface area contributed by atoms with Crippen molar-refractivity contribution in [3.63, 3.8) is 0 Å². The highest BCUT2D eigenvalue weighted by molar-refractivity contribution is 6.46. The SMILES string of the molecule is Cc1ccc(C2=C(N3CC(C)OC(C)C3)C(=O)N(c3ccc(Cl)c(Cl)c3)C2=O)c(C)c1. The van der Waals surface area contributed by atoms with E-state index in [1.807, 2.05) is 50.8 Å². The van der Waals surface area contributed by atoms with E-state index in [1.54, 1.807) is 18.2 Å². The summed E-state index contributed by atoms with van der Waals surface area (Å²) in [5.74, 6) is -0.725. The highest BCUT2D eigenvalue weighted by Crippen LogP contribution is 2.38. The van der Waals surface area contributed by atoms with Gasteiger partial charge in [0.15, 0.2) is 0 Å². The third kappa shape index (κ3) is 3.98. The van der Waals surface area contributed by atoms with E-state index in [4.69, 9.17) is 27.9 Å². The molecule has 0 saturated carbocycles. The van der Waals surface area contributed by atoms with Gasteiger partial charge >= 0.3 is 0 Å². The van der Waals surface area contributed by atoms with Crippen molar-refractivity contribution < 1.29 is 14.3 Å². The molecule has 2 aliphatic heterocycles. The molecule has 2 amide bonds. The van der Waals surface area contributed by atoms with E-state index >= 15 is 0 Å². The number of hydrogen-bond acceptors (Lipinski definition) is 4. The first-order valence-corrected chi connectivity index (χ1v) is 11.0. The number of amides is 2. The van der Waals surface area contributed by atoms with Crippen LogP contribution < -0.4 is 4.90 Å². The number of carbonyl (C=O) groups is 2. The molecule has 1 saturated heterocycles. The highest BCUT2D eigenvalue weighted by atomic mass is 35.5. The average molecular weight is 459 g/mol. The molecular weight excluding hydrogens is 435 g/mol. The zero-order valence-electron chi connectivity index (χ0n) is 17.9. The van der Waals surface area contributed by atoms with Crippen LogP contribution in [0.3, 0.4) is 0 Å². The van der Waals surface area contributed by atoms with E-state index in [2.05, 4.69) is 0 Å². The maximum Gasteiger partial charge on any atom is 0.282 e. The first kappa shape index (κ1) is 21.9. The Morgan fingerprint density at radius 3 is 2.19 bits per heavy atom. The number of ether oxygens (including phenoxy) is 1. The standard InChI is InChI=1S/C24H24Cl2N2O3/c1-13-5-7-18(14(2)9-13)21-22(27-11-15(3)31-16(4)12-27)24(30)28(23(21)29)17-6-8-19(25)20(26)10-17/h5-10,15-16H,11-12H2,1-4H3. The topological polar surface area (TPSA) is 49.9 Å². The lowest BCUT2D eigenvalue weighted by Gasteiger charge is -2.37. The van der Waals surface area contributed by atoms with Crippen LogP contribution in [0.15, 0.2) is 42.1 Å². The number of hydrogen-bond donors (Lipinski definition) is 0. The largest absolute Gasteiger partial charge is 0.372 e. The Bertz CT molecular complexity index is 1100. The van der Waals surface area contributed by atoms with Crippen molar-refractivity contribution in [2.75, 3.05) is 18.0 Å². The minimum absolute atomic E-state index is 0.0569. The predicted molar refractivity (Wildman–Crippen MR) is 123 cm³/mol. The molecule has 2 aromatic rings. The van der Waals surface area contributed by atoms with Crippen LogP contribution in [0.4, 0.5) is 5.69 Å². The molecule has 162 valence electrons. The summed E-state index contributed by atoms with van der Waals surface area (Å²) in [4.78, 5) is 30.5. The Kier molecular flexibility index (Phi) is 5.86. The molecule has 1 fully saturated rings. The first-order valence-electron chi connectivity index (χ1n) is 10.2. The zero-order valence-corrected chi connectivity index (χ0v) is 19.4. The van der Waals surface area contributed by atoms with Gasteiger partial charge in [-0.1, -0.05) is 47.0 Å². The Morgan fingerprint density at radius 1 is 0.903 bits per heavy atom. The normalized spacial score (nSPS) is 22.0. The van der Waals surface area contributed by atoms with Gasteiger partial charge in [0.1, 0.15) is 5.70 Å². The van der Waals surface area contributed by atoms with E-state index in [1.165, 1.54) is 4.90 Å². The van der Waals surface area contributed by atoms with Gasteiger partial charge in [-0.05, 0) is 57.0 Å². The van der Waals surface area contributed by atoms with E-state index in [0.29, 0.717) is 35.1 Å². The van der Waals surface area contributed by atoms with Crippen LogP contribution in [0.2, 0.25) is 10.0 Å². The van der Waals surface area contributed by atoms with Crippen LogP contribution in [0, 0.1) is 13.8 Å². The lowest BCUT2D eigenvalue weighted by molar-refractivity contribution is -0.121. The molecule has 2 aromatic carbocycles. The molecule has 0 bridgehead atoms. The smallest absolute Gasteiger partial charge is 0.282 e. The van der Waals surface area contributed by atoms with Crippen LogP contribution in [0.1, 0.15) is 30.5 Å². The molecule has 2 heterocycles. The number of aryl methyl sites for hydroxylation is 2. The molecule has 0 radical (unpaired) electrons. The minimum Gasteiger partial charge on any atom is -0.372 e. The summed E-state index contributed by atoms with van der Waals surface area (Å²) in [7, 11) is 0. The molecular formula is C24H24Cl2N2O3. The fourth-order valence-electron chi connectivity index (χ4n) is 4.37. The quantitative estimate of drug-likeness (QED) is 0.606. The molecule has 5 nitrogen and oxygen atoms in total. The van der Waals surface area contributed by atoms with Crippen molar-refractivity contribution in [1.82, 2.24) is 4.90 Å². The molecule has 31 heavy (non-hydrogen) atoms. The Hall–Kier alpha value is -2.34. The van der Waals surface area contributed by atoms with Gasteiger partial charge in [0.05, 0.1) is 33.5 Å². The summed E-state index contributed by atoms with van der Waals surface area (Å²) in [6, 6.07) is 10.7. The van der Waals surface area contributed by atoms with Gasteiger partial charge in [0.2, 0.25) is 0 Å². The van der Waals surface area contributed by atoms with Crippen LogP contribution in [0.25, 0.3) is 5.57 Å². The minimum atomic E-state index is -0.364. The van der Waals surface area contributed by atoms with Crippen molar-refractivity contribution in [1.29, 1.82) is 0 Å². The number of morpholine rings is 1. The predicted octanol–water partition coefficient (Wildman–Crippen LogP) is 5.00. The molecule has 2 unspecified atom stereocenters. The summed E-state index contributed by atoms with van der Waals surface area (Å²) in [5, 5.41) is 0.651. The van der Waals surface area contributed by atoms with E-state index in [9.17, 15) is 9.59 Å². The van der Waals surface area contributed by atoms with Crippen molar-refractivity contribution in [2.45, 2.75) is 39.9 Å². The molecule has 0 spiro atoms. The Morgan fingerprint density at radius 2 is 1.58 bits per heavy atom. The fraction of sp³-hybridized carbons (Fsp3) is 0.333. The molecule has 2 atom stereocenters. The third-order valence-corrected chi connectivity index (χ3v) is 6.35. The van der Waals surface area contributed by atoms with E-state index in [-0.39, 0.29) is 29.0 Å². The summed E-state index contributed by atoms with van der Waals surface area (Å²) >= 11 is 12.2. The molecule has 0 N–H and O–H groups in total. The second kappa shape index (κ2) is 8.30. The summed E-state index contributed by atoms with van der Waals surface area (Å²) in [5.41, 5.74) is 4.01. The number of imide groups is 1. The van der Waals surface area contributed by atoms with Gasteiger partial charge in [-0.25, -0.2) is 4.90 Å². The average Bonchev–Trinajstić information content (AvgIpc) is 2.94. The maximum atomic E-state index is 13.7. The number of rotatable bonds is 3. The molecule has 4 rings (SSSR count). The number of carbonyl (C=O) groups excluding carboxylic acids is 2. The van der Waals surface area contributed by atoms with Crippen molar-refractivity contribution in [3.05, 3.63) is 68.8 Å². The van der Waals surface area contributed by atoms with Gasteiger partial charge in [0.25, 0.3) is 11.8 Å². The number of halogens is 2. The van der Waals surface area contributed by atoms with Crippen LogP contribution in [-0.4, -0.2) is 42.0 Å². The van der Waals surface area contributed by atoms with Gasteiger partial charge in [-0.2, -0.15) is 0 Å². The van der Waals surface area contributed by atoms with Crippen LogP contribution in [-0.2, 0) is 14.3 Å². The van der Waals surface area contributed by atoms with Gasteiger partial charge < -0.3 is 9.64 Å². The second-order valence-electron chi connectivity index (χ2n) is 8.25. The highest BCUT2D eigenvalue weighted by Gasteiger charge is 2.44. The summed E-state index contributed by atoms with van der Waals surface area (Å²) in [6.45, 7) is 8.96. The molecule has 7 heteroatoms. The number of nitrogens with zero attached hydrogens (tertiary/aromatic N) is 2. The first-order chi connectivity index (χ1) is 14.7. The van der Waals surface area contributed by atoms with E-state index in [0.717, 1.165) is 16.7 Å². The van der Waals surface area contributed by atoms with Crippen molar-refractivity contribution in [2.24, 2.45) is 0 Å². The molecule has 0 aliphatic carbocycles. The fourth-order valence-corrected chi connectivity index (χ4v) is 4.66. The van der Waals surface area contributed by atoms with Gasteiger partial charge in [-0.3, -0.25) is 9.59 Å². The Labute approximate surface area is 192 Å². The lowest BCUT2D eigenvalue weighted by Crippen LogP contribution is -2.47. The van der Waals surface area contributed by atoms with Gasteiger partial charge in [-0.15, -0.1) is 0 Å². The monoisotopic (exact) mass is 458 g/mol. The summed E-state index contributed by atoms with van der Waals surface area (Å²) < 4.78 is 5.85. The third-order valence-electron chi connectivity index (χ3n) is 5.61. The zero-order chi connectivity index (χ0) is 22.4. The van der Waals surface area contributed by atoms with Crippen LogP contribution in [0.5, 0.6) is 0 Å². The maximum absolute atomic E-state index is 13.7. The Balaban J connectivity index is 1.87. The van der Waals surface area contributed by atoms with Crippen LogP contribution >= 0.6 is 23.2 Å². The number of benzene rings is 2. The van der Waals surface area contributed by atoms with Gasteiger partial charge in [0, 0.05) is 13.1 Å². The summed E-state index contributed by atoms with van der Waals surface area (Å²) in [6.07, 6.45) is -0.114. The molecule has 2 aliphatic rings. The lowest BCUT2D eigenvalue weighted by atomic mass is 9.97. The van der Waals surface area contributed by atoms with Crippen molar-refractivity contribution in [3.8, 4) is 0 Å². The number of anilines is 1. The second-order valence-corrected chi connectivity index (χ2v) is 9.06. The van der Waals surface area contributed by atoms with E-state index < -0.39 is 0 Å².